The normalized spacial score (nSPS) is 23.2. The third-order valence-corrected chi connectivity index (χ3v) is 4.14. The van der Waals surface area contributed by atoms with Crippen molar-refractivity contribution in [2.24, 2.45) is 11.8 Å². The lowest BCUT2D eigenvalue weighted by atomic mass is 10.2. The zero-order valence-corrected chi connectivity index (χ0v) is 10.4. The zero-order valence-electron chi connectivity index (χ0n) is 10.4. The zero-order chi connectivity index (χ0) is 12.2. The van der Waals surface area contributed by atoms with E-state index in [0.717, 1.165) is 29.3 Å². The summed E-state index contributed by atoms with van der Waals surface area (Å²) in [5.74, 6) is 1.53. The SMILES string of the molecule is Cc1c(C)n(CC2CC2C)c2c(=O)[nH]ncc12. The molecule has 1 fully saturated rings. The Labute approximate surface area is 99.7 Å². The molecule has 90 valence electrons. The van der Waals surface area contributed by atoms with Crippen LogP contribution in [0.4, 0.5) is 0 Å². The molecule has 0 aromatic carbocycles. The number of nitrogens with zero attached hydrogens (tertiary/aromatic N) is 2. The summed E-state index contributed by atoms with van der Waals surface area (Å²) in [4.78, 5) is 11.9. The summed E-state index contributed by atoms with van der Waals surface area (Å²) in [6.45, 7) is 7.38. The summed E-state index contributed by atoms with van der Waals surface area (Å²) >= 11 is 0. The molecule has 2 heterocycles. The minimum absolute atomic E-state index is 0.0768. The lowest BCUT2D eigenvalue weighted by molar-refractivity contribution is 0.596. The summed E-state index contributed by atoms with van der Waals surface area (Å²) in [5, 5.41) is 7.41. The monoisotopic (exact) mass is 231 g/mol. The molecule has 0 spiro atoms. The number of aromatic amines is 1. The molecule has 4 nitrogen and oxygen atoms in total. The van der Waals surface area contributed by atoms with E-state index in [9.17, 15) is 4.79 Å². The molecule has 1 saturated carbocycles. The summed E-state index contributed by atoms with van der Waals surface area (Å²) in [6.07, 6.45) is 3.03. The molecular weight excluding hydrogens is 214 g/mol. The van der Waals surface area contributed by atoms with Gasteiger partial charge in [-0.1, -0.05) is 6.92 Å². The van der Waals surface area contributed by atoms with Crippen LogP contribution >= 0.6 is 0 Å². The van der Waals surface area contributed by atoms with Crippen LogP contribution in [-0.2, 0) is 6.54 Å². The van der Waals surface area contributed by atoms with E-state index >= 15 is 0 Å². The topological polar surface area (TPSA) is 50.7 Å². The van der Waals surface area contributed by atoms with Crippen LogP contribution in [0.15, 0.2) is 11.0 Å². The standard InChI is InChI=1S/C13H17N3O/c1-7-4-10(7)6-16-9(3)8(2)11-5-14-15-13(17)12(11)16/h5,7,10H,4,6H2,1-3H3,(H,15,17). The van der Waals surface area contributed by atoms with Crippen molar-refractivity contribution in [3.8, 4) is 0 Å². The van der Waals surface area contributed by atoms with Crippen molar-refractivity contribution >= 4 is 10.9 Å². The van der Waals surface area contributed by atoms with Gasteiger partial charge in [0.1, 0.15) is 5.52 Å². The van der Waals surface area contributed by atoms with Crippen LogP contribution in [0.5, 0.6) is 0 Å². The highest BCUT2D eigenvalue weighted by molar-refractivity contribution is 5.83. The fourth-order valence-electron chi connectivity index (χ4n) is 2.62. The number of nitrogens with one attached hydrogen (secondary N) is 1. The van der Waals surface area contributed by atoms with Crippen molar-refractivity contribution < 1.29 is 0 Å². The first-order valence-electron chi connectivity index (χ1n) is 6.12. The van der Waals surface area contributed by atoms with Gasteiger partial charge >= 0.3 is 0 Å². The molecule has 1 aliphatic rings. The first kappa shape index (κ1) is 10.6. The van der Waals surface area contributed by atoms with Crippen molar-refractivity contribution in [1.29, 1.82) is 0 Å². The van der Waals surface area contributed by atoms with Crippen LogP contribution in [0.2, 0.25) is 0 Å². The molecular formula is C13H17N3O. The van der Waals surface area contributed by atoms with Crippen LogP contribution in [0.1, 0.15) is 24.6 Å². The molecule has 3 rings (SSSR count). The van der Waals surface area contributed by atoms with E-state index in [1.807, 2.05) is 0 Å². The van der Waals surface area contributed by atoms with Crippen LogP contribution in [0.3, 0.4) is 0 Å². The Bertz CT molecular complexity index is 638. The third kappa shape index (κ3) is 1.51. The molecule has 17 heavy (non-hydrogen) atoms. The molecule has 2 atom stereocenters. The number of H-pyrrole nitrogens is 1. The average molecular weight is 231 g/mol. The second kappa shape index (κ2) is 3.45. The minimum Gasteiger partial charge on any atom is -0.340 e. The maximum atomic E-state index is 11.9. The van der Waals surface area contributed by atoms with Gasteiger partial charge in [-0.2, -0.15) is 5.10 Å². The van der Waals surface area contributed by atoms with Gasteiger partial charge in [0.25, 0.3) is 5.56 Å². The van der Waals surface area contributed by atoms with Gasteiger partial charge in [0.05, 0.1) is 6.20 Å². The maximum absolute atomic E-state index is 11.9. The fourth-order valence-corrected chi connectivity index (χ4v) is 2.62. The number of fused-ring (bicyclic) bond motifs is 1. The molecule has 2 unspecified atom stereocenters. The Kier molecular flexibility index (Phi) is 2.15. The Balaban J connectivity index is 2.21. The van der Waals surface area contributed by atoms with Gasteiger partial charge < -0.3 is 4.57 Å². The lowest BCUT2D eigenvalue weighted by Crippen LogP contribution is -2.13. The van der Waals surface area contributed by atoms with Crippen molar-refractivity contribution in [2.75, 3.05) is 0 Å². The van der Waals surface area contributed by atoms with E-state index in [-0.39, 0.29) is 5.56 Å². The second-order valence-corrected chi connectivity index (χ2v) is 5.26. The van der Waals surface area contributed by atoms with E-state index in [1.165, 1.54) is 17.7 Å². The number of hydrogen-bond donors (Lipinski definition) is 1. The first-order chi connectivity index (χ1) is 8.09. The molecule has 2 aromatic heterocycles. The van der Waals surface area contributed by atoms with Gasteiger partial charge in [-0.15, -0.1) is 0 Å². The number of rotatable bonds is 2. The molecule has 0 amide bonds. The Morgan fingerprint density at radius 3 is 2.88 bits per heavy atom. The Hall–Kier alpha value is -1.58. The molecule has 0 bridgehead atoms. The van der Waals surface area contributed by atoms with Crippen LogP contribution in [-0.4, -0.2) is 14.8 Å². The van der Waals surface area contributed by atoms with Gasteiger partial charge in [0.15, 0.2) is 0 Å². The highest BCUT2D eigenvalue weighted by atomic mass is 16.1. The number of aromatic nitrogens is 3. The second-order valence-electron chi connectivity index (χ2n) is 5.26. The Morgan fingerprint density at radius 2 is 2.24 bits per heavy atom. The van der Waals surface area contributed by atoms with Crippen molar-refractivity contribution in [3.05, 3.63) is 27.8 Å². The van der Waals surface area contributed by atoms with Gasteiger partial charge in [-0.05, 0) is 37.7 Å². The van der Waals surface area contributed by atoms with Crippen molar-refractivity contribution in [2.45, 2.75) is 33.7 Å². The number of hydrogen-bond acceptors (Lipinski definition) is 2. The summed E-state index contributed by atoms with van der Waals surface area (Å²) in [6, 6.07) is 0. The quantitative estimate of drug-likeness (QED) is 0.859. The van der Waals surface area contributed by atoms with E-state index in [1.54, 1.807) is 6.20 Å². The van der Waals surface area contributed by atoms with Gasteiger partial charge in [0.2, 0.25) is 0 Å². The van der Waals surface area contributed by atoms with Crippen molar-refractivity contribution in [3.63, 3.8) is 0 Å². The van der Waals surface area contributed by atoms with Crippen molar-refractivity contribution in [1.82, 2.24) is 14.8 Å². The summed E-state index contributed by atoms with van der Waals surface area (Å²) in [7, 11) is 0. The highest BCUT2D eigenvalue weighted by Gasteiger charge is 2.33. The summed E-state index contributed by atoms with van der Waals surface area (Å²) < 4.78 is 2.17. The predicted octanol–water partition coefficient (Wildman–Crippen LogP) is 2.00. The van der Waals surface area contributed by atoms with Crippen LogP contribution in [0.25, 0.3) is 10.9 Å². The molecule has 0 radical (unpaired) electrons. The smallest absolute Gasteiger partial charge is 0.288 e. The maximum Gasteiger partial charge on any atom is 0.288 e. The van der Waals surface area contributed by atoms with Gasteiger partial charge in [-0.25, -0.2) is 5.10 Å². The molecule has 1 aliphatic carbocycles. The number of aryl methyl sites for hydroxylation is 1. The summed E-state index contributed by atoms with van der Waals surface area (Å²) in [5.41, 5.74) is 3.07. The average Bonchev–Trinajstić information content (AvgIpc) is 2.94. The van der Waals surface area contributed by atoms with E-state index in [4.69, 9.17) is 0 Å². The first-order valence-corrected chi connectivity index (χ1v) is 6.12. The van der Waals surface area contributed by atoms with E-state index in [2.05, 4.69) is 35.5 Å². The molecule has 2 aromatic rings. The fraction of sp³-hybridized carbons (Fsp3) is 0.538. The largest absolute Gasteiger partial charge is 0.340 e. The molecule has 1 N–H and O–H groups in total. The van der Waals surface area contributed by atoms with E-state index in [0.29, 0.717) is 0 Å². The van der Waals surface area contributed by atoms with Crippen LogP contribution < -0.4 is 5.56 Å². The predicted molar refractivity (Wildman–Crippen MR) is 67.1 cm³/mol. The molecule has 0 aliphatic heterocycles. The minimum atomic E-state index is -0.0768. The molecule has 0 saturated heterocycles. The third-order valence-electron chi connectivity index (χ3n) is 4.14. The van der Waals surface area contributed by atoms with Crippen LogP contribution in [0, 0.1) is 25.7 Å². The van der Waals surface area contributed by atoms with E-state index < -0.39 is 0 Å². The van der Waals surface area contributed by atoms with Gasteiger partial charge in [0, 0.05) is 17.6 Å². The highest BCUT2D eigenvalue weighted by Crippen LogP contribution is 2.40. The Morgan fingerprint density at radius 1 is 1.53 bits per heavy atom. The van der Waals surface area contributed by atoms with Gasteiger partial charge in [-0.3, -0.25) is 4.79 Å². The lowest BCUT2D eigenvalue weighted by Gasteiger charge is -2.06. The molecule has 4 heteroatoms.